The topological polar surface area (TPSA) is 37.4 Å². The Balaban J connectivity index is 0.00000392. The molecular weight excluding hydrogens is 416 g/mol. The van der Waals surface area contributed by atoms with Crippen molar-refractivity contribution in [2.75, 3.05) is 34.2 Å². The molecule has 1 aromatic rings. The minimum Gasteiger partial charge on any atom is -1.00 e. The molecule has 1 heterocycles. The predicted octanol–water partition coefficient (Wildman–Crippen LogP) is 1.89. The molecule has 0 aliphatic carbocycles. The van der Waals surface area contributed by atoms with E-state index in [1.807, 2.05) is 12.1 Å². The fourth-order valence-electron chi connectivity index (χ4n) is 3.71. The fraction of sp³-hybridized carbons (Fsp3) is 0.652. The van der Waals surface area contributed by atoms with Gasteiger partial charge in [-0.05, 0) is 31.4 Å². The summed E-state index contributed by atoms with van der Waals surface area (Å²) in [6.07, 6.45) is 12.5. The molecule has 1 aliphatic heterocycles. The van der Waals surface area contributed by atoms with Gasteiger partial charge in [-0.3, -0.25) is 14.5 Å². The molecule has 0 N–H and O–H groups in total. The van der Waals surface area contributed by atoms with Gasteiger partial charge in [-0.25, -0.2) is 0 Å². The number of nitrogens with zero attached hydrogens (tertiary/aromatic N) is 2. The predicted molar refractivity (Wildman–Crippen MR) is 111 cm³/mol. The Labute approximate surface area is 181 Å². The Kier molecular flexibility index (Phi) is 11.0. The number of carbonyl (C=O) groups excluding carboxylic acids is 2. The Hall–Kier alpha value is -1.20. The molecule has 0 aromatic heterocycles. The molecule has 28 heavy (non-hydrogen) atoms. The number of hydrogen-bond acceptors (Lipinski definition) is 2. The first kappa shape index (κ1) is 24.8. The van der Waals surface area contributed by atoms with Crippen LogP contribution in [0, 0.1) is 0 Å². The number of carbonyl (C=O) groups is 2. The first-order valence-electron chi connectivity index (χ1n) is 10.7. The monoisotopic (exact) mass is 452 g/mol. The van der Waals surface area contributed by atoms with Crippen molar-refractivity contribution < 1.29 is 31.1 Å². The summed E-state index contributed by atoms with van der Waals surface area (Å²) in [6.45, 7) is 1.83. The molecule has 2 amide bonds. The van der Waals surface area contributed by atoms with E-state index in [1.165, 1.54) is 62.8 Å². The molecule has 0 saturated heterocycles. The smallest absolute Gasteiger partial charge is 0.261 e. The quantitative estimate of drug-likeness (QED) is 0.260. The standard InChI is InChI=1S/C23H37N2O2.BrH/c1-25(2,3)19-15-11-9-7-5-4-6-8-10-14-18-24-22(26)20-16-12-13-17-21(20)23(24)27;/h12-13,16-17H,4-11,14-15,18-19H2,1-3H3;1H/q+1;/p-1. The largest absolute Gasteiger partial charge is 1.00 e. The number of imide groups is 1. The van der Waals surface area contributed by atoms with Gasteiger partial charge in [-0.1, -0.05) is 57.1 Å². The first-order valence-corrected chi connectivity index (χ1v) is 10.7. The zero-order chi connectivity index (χ0) is 19.7. The average molecular weight is 453 g/mol. The van der Waals surface area contributed by atoms with Gasteiger partial charge in [0.05, 0.1) is 38.8 Å². The van der Waals surface area contributed by atoms with E-state index in [0.29, 0.717) is 17.7 Å². The molecule has 0 radical (unpaired) electrons. The van der Waals surface area contributed by atoms with Crippen LogP contribution in [0.15, 0.2) is 24.3 Å². The van der Waals surface area contributed by atoms with Gasteiger partial charge < -0.3 is 21.5 Å². The lowest BCUT2D eigenvalue weighted by molar-refractivity contribution is -0.870. The second kappa shape index (κ2) is 12.4. The molecule has 1 aromatic carbocycles. The number of rotatable bonds is 13. The van der Waals surface area contributed by atoms with Crippen LogP contribution in [-0.4, -0.2) is 55.4 Å². The maximum Gasteiger partial charge on any atom is 0.261 e. The van der Waals surface area contributed by atoms with E-state index in [-0.39, 0.29) is 28.8 Å². The second-order valence-electron chi connectivity index (χ2n) is 8.86. The van der Waals surface area contributed by atoms with E-state index < -0.39 is 0 Å². The van der Waals surface area contributed by atoms with Crippen LogP contribution in [0.2, 0.25) is 0 Å². The Bertz CT molecular complexity index is 590. The molecule has 0 saturated carbocycles. The summed E-state index contributed by atoms with van der Waals surface area (Å²) in [4.78, 5) is 26.0. The molecule has 2 rings (SSSR count). The van der Waals surface area contributed by atoms with Gasteiger partial charge in [0, 0.05) is 6.54 Å². The highest BCUT2D eigenvalue weighted by atomic mass is 79.9. The van der Waals surface area contributed by atoms with Gasteiger partial charge in [0.2, 0.25) is 0 Å². The third-order valence-corrected chi connectivity index (χ3v) is 5.34. The summed E-state index contributed by atoms with van der Waals surface area (Å²) in [5.74, 6) is -0.248. The van der Waals surface area contributed by atoms with Crippen LogP contribution in [0.1, 0.15) is 84.9 Å². The highest BCUT2D eigenvalue weighted by Crippen LogP contribution is 2.23. The van der Waals surface area contributed by atoms with Crippen molar-refractivity contribution in [2.45, 2.75) is 64.2 Å². The molecule has 5 heteroatoms. The molecule has 158 valence electrons. The zero-order valence-electron chi connectivity index (χ0n) is 17.9. The molecular formula is C23H37BrN2O2. The number of fused-ring (bicyclic) bond motifs is 1. The molecule has 0 spiro atoms. The van der Waals surface area contributed by atoms with Crippen LogP contribution in [0.5, 0.6) is 0 Å². The van der Waals surface area contributed by atoms with E-state index in [9.17, 15) is 9.59 Å². The van der Waals surface area contributed by atoms with E-state index in [4.69, 9.17) is 0 Å². The van der Waals surface area contributed by atoms with Crippen LogP contribution in [-0.2, 0) is 0 Å². The van der Waals surface area contributed by atoms with Gasteiger partial charge >= 0.3 is 0 Å². The van der Waals surface area contributed by atoms with Crippen LogP contribution in [0.25, 0.3) is 0 Å². The van der Waals surface area contributed by atoms with Gasteiger partial charge in [0.15, 0.2) is 0 Å². The summed E-state index contributed by atoms with van der Waals surface area (Å²) in [6, 6.07) is 7.13. The molecule has 1 aliphatic rings. The second-order valence-corrected chi connectivity index (χ2v) is 8.86. The van der Waals surface area contributed by atoms with Crippen molar-refractivity contribution in [3.8, 4) is 0 Å². The normalized spacial score (nSPS) is 13.6. The maximum atomic E-state index is 12.3. The van der Waals surface area contributed by atoms with Crippen molar-refractivity contribution in [2.24, 2.45) is 0 Å². The van der Waals surface area contributed by atoms with Gasteiger partial charge in [-0.15, -0.1) is 0 Å². The Morgan fingerprint density at radius 1 is 0.679 bits per heavy atom. The van der Waals surface area contributed by atoms with Crippen LogP contribution >= 0.6 is 0 Å². The minimum atomic E-state index is -0.124. The van der Waals surface area contributed by atoms with Crippen LogP contribution in [0.3, 0.4) is 0 Å². The Morgan fingerprint density at radius 2 is 1.07 bits per heavy atom. The lowest BCUT2D eigenvalue weighted by atomic mass is 10.1. The number of quaternary nitrogens is 1. The highest BCUT2D eigenvalue weighted by Gasteiger charge is 2.34. The molecule has 0 bridgehead atoms. The van der Waals surface area contributed by atoms with Crippen molar-refractivity contribution in [1.82, 2.24) is 4.90 Å². The van der Waals surface area contributed by atoms with Crippen molar-refractivity contribution in [1.29, 1.82) is 0 Å². The minimum absolute atomic E-state index is 0. The van der Waals surface area contributed by atoms with E-state index in [1.54, 1.807) is 12.1 Å². The van der Waals surface area contributed by atoms with E-state index >= 15 is 0 Å². The number of unbranched alkanes of at least 4 members (excludes halogenated alkanes) is 9. The van der Waals surface area contributed by atoms with E-state index in [2.05, 4.69) is 21.1 Å². The highest BCUT2D eigenvalue weighted by molar-refractivity contribution is 6.21. The molecule has 0 fully saturated rings. The summed E-state index contributed by atoms with van der Waals surface area (Å²) >= 11 is 0. The number of hydrogen-bond donors (Lipinski definition) is 0. The summed E-state index contributed by atoms with van der Waals surface area (Å²) < 4.78 is 1.07. The SMILES string of the molecule is C[N+](C)(C)CCCCCCCCCCCCN1C(=O)c2ccccc2C1=O.[Br-]. The third kappa shape index (κ3) is 8.04. The van der Waals surface area contributed by atoms with Crippen molar-refractivity contribution >= 4 is 11.8 Å². The lowest BCUT2D eigenvalue weighted by Crippen LogP contribution is -3.00. The first-order chi connectivity index (χ1) is 12.9. The number of amides is 2. The van der Waals surface area contributed by atoms with Gasteiger partial charge in [0.25, 0.3) is 11.8 Å². The maximum absolute atomic E-state index is 12.3. The number of halogens is 1. The van der Waals surface area contributed by atoms with Gasteiger partial charge in [0.1, 0.15) is 0 Å². The van der Waals surface area contributed by atoms with Crippen molar-refractivity contribution in [3.05, 3.63) is 35.4 Å². The summed E-state index contributed by atoms with van der Waals surface area (Å²) in [5, 5.41) is 0. The fourth-order valence-corrected chi connectivity index (χ4v) is 3.71. The van der Waals surface area contributed by atoms with Crippen molar-refractivity contribution in [3.63, 3.8) is 0 Å². The lowest BCUT2D eigenvalue weighted by Gasteiger charge is -2.23. The average Bonchev–Trinajstić information content (AvgIpc) is 2.86. The van der Waals surface area contributed by atoms with Gasteiger partial charge in [-0.2, -0.15) is 0 Å². The molecule has 0 atom stereocenters. The van der Waals surface area contributed by atoms with E-state index in [0.717, 1.165) is 17.3 Å². The molecule has 4 nitrogen and oxygen atoms in total. The van der Waals surface area contributed by atoms with Crippen LogP contribution in [0.4, 0.5) is 0 Å². The third-order valence-electron chi connectivity index (χ3n) is 5.34. The summed E-state index contributed by atoms with van der Waals surface area (Å²) in [7, 11) is 6.77. The summed E-state index contributed by atoms with van der Waals surface area (Å²) in [5.41, 5.74) is 1.12. The molecule has 0 unspecified atom stereocenters. The zero-order valence-corrected chi connectivity index (χ0v) is 19.5. The Morgan fingerprint density at radius 3 is 1.50 bits per heavy atom. The van der Waals surface area contributed by atoms with Crippen LogP contribution < -0.4 is 17.0 Å². The number of benzene rings is 1.